The van der Waals surface area contributed by atoms with E-state index < -0.39 is 5.82 Å². The predicted octanol–water partition coefficient (Wildman–Crippen LogP) is 4.69. The number of rotatable bonds is 8. The van der Waals surface area contributed by atoms with Gasteiger partial charge in [0.1, 0.15) is 10.8 Å². The Labute approximate surface area is 213 Å². The van der Waals surface area contributed by atoms with E-state index in [-0.39, 0.29) is 28.5 Å². The molecule has 1 aromatic heterocycles. The Morgan fingerprint density at radius 2 is 2.00 bits per heavy atom. The van der Waals surface area contributed by atoms with Crippen molar-refractivity contribution >= 4 is 40.5 Å². The van der Waals surface area contributed by atoms with Crippen LogP contribution in [0.3, 0.4) is 0 Å². The number of hydrogen-bond acceptors (Lipinski definition) is 8. The molecule has 1 amide bonds. The van der Waals surface area contributed by atoms with Gasteiger partial charge in [-0.2, -0.15) is 4.98 Å². The fraction of sp³-hybridized carbons (Fsp3) is 0.240. The van der Waals surface area contributed by atoms with E-state index in [9.17, 15) is 4.79 Å². The highest BCUT2D eigenvalue weighted by Gasteiger charge is 2.22. The van der Waals surface area contributed by atoms with Gasteiger partial charge in [-0.05, 0) is 37.4 Å². The molecule has 3 aromatic rings. The lowest BCUT2D eigenvalue weighted by Gasteiger charge is -2.34. The average molecular weight is 513 g/mol. The molecule has 4 rings (SSSR count). The molecule has 0 bridgehead atoms. The fourth-order valence-corrected chi connectivity index (χ4v) is 3.81. The van der Waals surface area contributed by atoms with Crippen LogP contribution < -0.4 is 25.0 Å². The number of likely N-dealkylation sites (N-methyl/N-ethyl adjacent to an activating group) is 1. The van der Waals surface area contributed by atoms with Crippen LogP contribution >= 0.6 is 11.6 Å². The lowest BCUT2D eigenvalue weighted by atomic mass is 10.2. The van der Waals surface area contributed by atoms with Crippen molar-refractivity contribution in [2.75, 3.05) is 55.9 Å². The lowest BCUT2D eigenvalue weighted by Crippen LogP contribution is -2.44. The Kier molecular flexibility index (Phi) is 7.87. The average Bonchev–Trinajstić information content (AvgIpc) is 2.87. The number of piperazine rings is 1. The summed E-state index contributed by atoms with van der Waals surface area (Å²) in [5.41, 5.74) is 1.35. The van der Waals surface area contributed by atoms with E-state index >= 15 is 4.39 Å². The summed E-state index contributed by atoms with van der Waals surface area (Å²) in [7, 11) is 3.45. The first-order valence-electron chi connectivity index (χ1n) is 11.2. The number of amides is 1. The van der Waals surface area contributed by atoms with Crippen molar-refractivity contribution in [2.45, 2.75) is 0 Å². The summed E-state index contributed by atoms with van der Waals surface area (Å²) in [6, 6.07) is 10.1. The molecule has 2 N–H and O–H groups in total. The molecule has 1 fully saturated rings. The van der Waals surface area contributed by atoms with Gasteiger partial charge in [-0.3, -0.25) is 4.79 Å². The number of nitrogens with zero attached hydrogens (tertiary/aromatic N) is 4. The van der Waals surface area contributed by atoms with Crippen molar-refractivity contribution in [2.24, 2.45) is 0 Å². The minimum Gasteiger partial charge on any atom is -0.492 e. The van der Waals surface area contributed by atoms with E-state index in [2.05, 4.69) is 32.1 Å². The number of benzene rings is 2. The third-order valence-corrected chi connectivity index (χ3v) is 5.84. The van der Waals surface area contributed by atoms with Crippen molar-refractivity contribution in [3.8, 4) is 17.4 Å². The highest BCUT2D eigenvalue weighted by atomic mass is 35.5. The largest absolute Gasteiger partial charge is 0.492 e. The Balaban J connectivity index is 1.54. The minimum atomic E-state index is -0.462. The predicted molar refractivity (Wildman–Crippen MR) is 138 cm³/mol. The Hall–Kier alpha value is -3.89. The maximum absolute atomic E-state index is 15.4. The van der Waals surface area contributed by atoms with Crippen LogP contribution in [0.1, 0.15) is 0 Å². The van der Waals surface area contributed by atoms with Gasteiger partial charge in [0.2, 0.25) is 17.7 Å². The molecular weight excluding hydrogens is 487 g/mol. The highest BCUT2D eigenvalue weighted by Crippen LogP contribution is 2.37. The molecule has 1 aliphatic rings. The van der Waals surface area contributed by atoms with Crippen LogP contribution in [0, 0.1) is 5.82 Å². The number of hydrogen-bond donors (Lipinski definition) is 2. The summed E-state index contributed by atoms with van der Waals surface area (Å²) in [6.07, 6.45) is 2.54. The van der Waals surface area contributed by atoms with E-state index in [1.54, 1.807) is 36.4 Å². The molecule has 1 saturated heterocycles. The van der Waals surface area contributed by atoms with Crippen LogP contribution in [0.25, 0.3) is 0 Å². The van der Waals surface area contributed by atoms with Gasteiger partial charge in [0.15, 0.2) is 11.6 Å². The fourth-order valence-electron chi connectivity index (χ4n) is 3.68. The van der Waals surface area contributed by atoms with Crippen molar-refractivity contribution in [3.63, 3.8) is 0 Å². The third kappa shape index (κ3) is 5.84. The van der Waals surface area contributed by atoms with E-state index in [0.717, 1.165) is 26.2 Å². The Bertz CT molecular complexity index is 1270. The first-order valence-corrected chi connectivity index (χ1v) is 11.6. The van der Waals surface area contributed by atoms with Crippen LogP contribution in [-0.2, 0) is 4.79 Å². The second-order valence-corrected chi connectivity index (χ2v) is 8.47. The summed E-state index contributed by atoms with van der Waals surface area (Å²) in [5.74, 6) is -0.151. The molecule has 0 unspecified atom stereocenters. The van der Waals surface area contributed by atoms with Crippen LogP contribution in [0.5, 0.6) is 17.4 Å². The quantitative estimate of drug-likeness (QED) is 0.420. The SMILES string of the molecule is C=CC(=O)Nc1cccc(Oc2nc(Nc3ccc(N4CCN(C)CC4)c(F)c3OC)ncc2Cl)c1. The van der Waals surface area contributed by atoms with Crippen LogP contribution in [0.4, 0.5) is 27.4 Å². The molecule has 0 spiro atoms. The number of carbonyl (C=O) groups is 1. The number of halogens is 2. The van der Waals surface area contributed by atoms with Crippen LogP contribution in [-0.4, -0.2) is 61.1 Å². The monoisotopic (exact) mass is 512 g/mol. The normalized spacial score (nSPS) is 13.7. The molecule has 2 aromatic carbocycles. The third-order valence-electron chi connectivity index (χ3n) is 5.58. The van der Waals surface area contributed by atoms with Crippen LogP contribution in [0.15, 0.2) is 55.3 Å². The summed E-state index contributed by atoms with van der Waals surface area (Å²) in [4.78, 5) is 24.3. The van der Waals surface area contributed by atoms with Gasteiger partial charge in [-0.1, -0.05) is 24.2 Å². The summed E-state index contributed by atoms with van der Waals surface area (Å²) in [5, 5.41) is 5.80. The lowest BCUT2D eigenvalue weighted by molar-refractivity contribution is -0.111. The zero-order chi connectivity index (χ0) is 25.7. The second kappa shape index (κ2) is 11.2. The van der Waals surface area contributed by atoms with Crippen molar-refractivity contribution < 1.29 is 18.7 Å². The van der Waals surface area contributed by atoms with Gasteiger partial charge in [0.05, 0.1) is 24.7 Å². The molecule has 188 valence electrons. The summed E-state index contributed by atoms with van der Waals surface area (Å²) < 4.78 is 26.5. The van der Waals surface area contributed by atoms with E-state index in [1.807, 2.05) is 11.9 Å². The molecule has 36 heavy (non-hydrogen) atoms. The first kappa shape index (κ1) is 25.2. The summed E-state index contributed by atoms with van der Waals surface area (Å²) in [6.45, 7) is 6.59. The zero-order valence-corrected chi connectivity index (χ0v) is 20.7. The van der Waals surface area contributed by atoms with Crippen LogP contribution in [0.2, 0.25) is 5.02 Å². The first-order chi connectivity index (χ1) is 17.4. The molecule has 0 aliphatic carbocycles. The van der Waals surface area contributed by atoms with Gasteiger partial charge in [-0.25, -0.2) is 9.37 Å². The number of ether oxygens (including phenoxy) is 2. The number of nitrogens with one attached hydrogen (secondary N) is 2. The van der Waals surface area contributed by atoms with Gasteiger partial charge in [0.25, 0.3) is 0 Å². The number of methoxy groups -OCH3 is 1. The molecule has 2 heterocycles. The smallest absolute Gasteiger partial charge is 0.247 e. The zero-order valence-electron chi connectivity index (χ0n) is 19.9. The maximum atomic E-state index is 15.4. The highest BCUT2D eigenvalue weighted by molar-refractivity contribution is 6.31. The van der Waals surface area contributed by atoms with Gasteiger partial charge >= 0.3 is 0 Å². The Morgan fingerprint density at radius 3 is 2.72 bits per heavy atom. The van der Waals surface area contributed by atoms with Crippen molar-refractivity contribution in [1.82, 2.24) is 14.9 Å². The van der Waals surface area contributed by atoms with Gasteiger partial charge in [0, 0.05) is 37.9 Å². The molecule has 1 aliphatic heterocycles. The van der Waals surface area contributed by atoms with E-state index in [4.69, 9.17) is 21.1 Å². The van der Waals surface area contributed by atoms with E-state index in [0.29, 0.717) is 22.8 Å². The summed E-state index contributed by atoms with van der Waals surface area (Å²) >= 11 is 6.24. The molecule has 9 nitrogen and oxygen atoms in total. The second-order valence-electron chi connectivity index (χ2n) is 8.06. The molecule has 0 radical (unpaired) electrons. The standard InChI is InChI=1S/C25H26ClFN6O3/c1-4-21(34)29-16-6-5-7-17(14-16)36-24-18(26)15-28-25(31-24)30-19-8-9-20(22(27)23(19)35-3)33-12-10-32(2)11-13-33/h4-9,14-15H,1,10-13H2,2-3H3,(H,29,34)(H,28,30,31). The van der Waals surface area contributed by atoms with Gasteiger partial charge < -0.3 is 29.9 Å². The maximum Gasteiger partial charge on any atom is 0.247 e. The van der Waals surface area contributed by atoms with Crippen molar-refractivity contribution in [1.29, 1.82) is 0 Å². The number of carbonyl (C=O) groups excluding carboxylic acids is 1. The molecule has 0 atom stereocenters. The molecule has 0 saturated carbocycles. The Morgan fingerprint density at radius 1 is 1.22 bits per heavy atom. The number of aromatic nitrogens is 2. The molecular formula is C25H26ClFN6O3. The number of anilines is 4. The van der Waals surface area contributed by atoms with Crippen molar-refractivity contribution in [3.05, 3.63) is 66.1 Å². The molecule has 11 heteroatoms. The van der Waals surface area contributed by atoms with E-state index in [1.165, 1.54) is 19.4 Å². The van der Waals surface area contributed by atoms with Gasteiger partial charge in [-0.15, -0.1) is 0 Å². The minimum absolute atomic E-state index is 0.0538. The topological polar surface area (TPSA) is 91.8 Å².